The highest BCUT2D eigenvalue weighted by Gasteiger charge is 2.42. The van der Waals surface area contributed by atoms with Gasteiger partial charge in [-0.15, -0.1) is 0 Å². The SMILES string of the molecule is CCC(C)(C)NC1CC(=O)N(c2c(C)cccc2C)C1=O. The molecule has 0 saturated carbocycles. The molecule has 1 heterocycles. The van der Waals surface area contributed by atoms with E-state index in [2.05, 4.69) is 12.2 Å². The fourth-order valence-corrected chi connectivity index (χ4v) is 2.71. The third kappa shape index (κ3) is 3.00. The number of carbonyl (C=O) groups is 2. The summed E-state index contributed by atoms with van der Waals surface area (Å²) in [6.07, 6.45) is 1.13. The van der Waals surface area contributed by atoms with Gasteiger partial charge in [0.1, 0.15) is 0 Å². The number of anilines is 1. The molecule has 1 saturated heterocycles. The van der Waals surface area contributed by atoms with Gasteiger partial charge in [-0.2, -0.15) is 0 Å². The van der Waals surface area contributed by atoms with Crippen molar-refractivity contribution in [1.82, 2.24) is 5.32 Å². The molecule has 0 spiro atoms. The zero-order valence-corrected chi connectivity index (χ0v) is 13.5. The molecule has 4 nitrogen and oxygen atoms in total. The standard InChI is InChI=1S/C17H24N2O2/c1-6-17(4,5)18-13-10-14(20)19(16(13)21)15-11(2)8-7-9-12(15)3/h7-9,13,18H,6,10H2,1-5H3. The third-order valence-electron chi connectivity index (χ3n) is 4.26. The Balaban J connectivity index is 2.31. The smallest absolute Gasteiger partial charge is 0.251 e. The van der Waals surface area contributed by atoms with Gasteiger partial charge in [0, 0.05) is 5.54 Å². The van der Waals surface area contributed by atoms with Gasteiger partial charge < -0.3 is 5.32 Å². The van der Waals surface area contributed by atoms with Crippen LogP contribution in [-0.4, -0.2) is 23.4 Å². The fraction of sp³-hybridized carbons (Fsp3) is 0.529. The zero-order chi connectivity index (χ0) is 15.8. The number of hydrogen-bond donors (Lipinski definition) is 1. The van der Waals surface area contributed by atoms with Crippen LogP contribution >= 0.6 is 0 Å². The van der Waals surface area contributed by atoms with Crippen LogP contribution in [0.15, 0.2) is 18.2 Å². The molecule has 21 heavy (non-hydrogen) atoms. The number of imide groups is 1. The Kier molecular flexibility index (Phi) is 4.19. The van der Waals surface area contributed by atoms with E-state index in [0.717, 1.165) is 23.2 Å². The Morgan fingerprint density at radius 1 is 1.24 bits per heavy atom. The number of nitrogens with zero attached hydrogens (tertiary/aromatic N) is 1. The zero-order valence-electron chi connectivity index (χ0n) is 13.5. The van der Waals surface area contributed by atoms with Crippen molar-refractivity contribution >= 4 is 17.5 Å². The summed E-state index contributed by atoms with van der Waals surface area (Å²) in [6.45, 7) is 10.0. The molecular weight excluding hydrogens is 264 g/mol. The van der Waals surface area contributed by atoms with Gasteiger partial charge in [0.25, 0.3) is 5.91 Å². The second-order valence-corrected chi connectivity index (χ2v) is 6.45. The van der Waals surface area contributed by atoms with E-state index in [0.29, 0.717) is 0 Å². The molecule has 1 N–H and O–H groups in total. The van der Waals surface area contributed by atoms with Crippen LogP contribution in [0.2, 0.25) is 0 Å². The minimum Gasteiger partial charge on any atom is -0.300 e. The molecule has 0 aliphatic carbocycles. The predicted molar refractivity (Wildman–Crippen MR) is 84.3 cm³/mol. The molecule has 114 valence electrons. The average Bonchev–Trinajstić information content (AvgIpc) is 2.65. The Bertz CT molecular complexity index is 558. The monoisotopic (exact) mass is 288 g/mol. The first-order chi connectivity index (χ1) is 9.76. The van der Waals surface area contributed by atoms with Crippen molar-refractivity contribution in [3.63, 3.8) is 0 Å². The van der Waals surface area contributed by atoms with Gasteiger partial charge in [-0.3, -0.25) is 9.59 Å². The molecule has 1 aromatic rings. The maximum atomic E-state index is 12.7. The van der Waals surface area contributed by atoms with E-state index in [1.54, 1.807) is 0 Å². The molecule has 0 aromatic heterocycles. The first-order valence-electron chi connectivity index (χ1n) is 7.47. The number of rotatable bonds is 4. The van der Waals surface area contributed by atoms with Crippen molar-refractivity contribution in [2.24, 2.45) is 0 Å². The van der Waals surface area contributed by atoms with E-state index < -0.39 is 6.04 Å². The van der Waals surface area contributed by atoms with Crippen molar-refractivity contribution in [2.75, 3.05) is 4.90 Å². The lowest BCUT2D eigenvalue weighted by Gasteiger charge is -2.28. The predicted octanol–water partition coefficient (Wildman–Crippen LogP) is 2.71. The highest BCUT2D eigenvalue weighted by Crippen LogP contribution is 2.30. The van der Waals surface area contributed by atoms with Crippen molar-refractivity contribution in [2.45, 2.75) is 59.0 Å². The minimum atomic E-state index is -0.425. The summed E-state index contributed by atoms with van der Waals surface area (Å²) in [4.78, 5) is 26.4. The number of para-hydroxylation sites is 1. The summed E-state index contributed by atoms with van der Waals surface area (Å²) in [5.41, 5.74) is 2.49. The normalized spacial score (nSPS) is 19.5. The van der Waals surface area contributed by atoms with Crippen molar-refractivity contribution < 1.29 is 9.59 Å². The number of carbonyl (C=O) groups excluding carboxylic acids is 2. The molecule has 1 aliphatic heterocycles. The molecule has 2 amide bonds. The Morgan fingerprint density at radius 3 is 2.33 bits per heavy atom. The number of benzene rings is 1. The second-order valence-electron chi connectivity index (χ2n) is 6.45. The number of hydrogen-bond acceptors (Lipinski definition) is 3. The van der Waals surface area contributed by atoms with Gasteiger partial charge in [-0.25, -0.2) is 4.90 Å². The van der Waals surface area contributed by atoms with Gasteiger partial charge in [0.2, 0.25) is 5.91 Å². The maximum Gasteiger partial charge on any atom is 0.251 e. The van der Waals surface area contributed by atoms with E-state index in [1.807, 2.05) is 45.9 Å². The van der Waals surface area contributed by atoms with E-state index >= 15 is 0 Å². The summed E-state index contributed by atoms with van der Waals surface area (Å²) in [5.74, 6) is -0.263. The number of amides is 2. The first kappa shape index (κ1) is 15.7. The van der Waals surface area contributed by atoms with Gasteiger partial charge in [0.05, 0.1) is 18.2 Å². The average molecular weight is 288 g/mol. The molecule has 1 unspecified atom stereocenters. The lowest BCUT2D eigenvalue weighted by Crippen LogP contribution is -2.49. The van der Waals surface area contributed by atoms with Crippen molar-refractivity contribution in [3.8, 4) is 0 Å². The van der Waals surface area contributed by atoms with E-state index in [9.17, 15) is 9.59 Å². The van der Waals surface area contributed by atoms with Gasteiger partial charge >= 0.3 is 0 Å². The summed E-state index contributed by atoms with van der Waals surface area (Å²) in [6, 6.07) is 5.38. The largest absolute Gasteiger partial charge is 0.300 e. The Morgan fingerprint density at radius 2 is 1.81 bits per heavy atom. The quantitative estimate of drug-likeness (QED) is 0.867. The number of nitrogens with one attached hydrogen (secondary N) is 1. The van der Waals surface area contributed by atoms with Crippen LogP contribution in [0.5, 0.6) is 0 Å². The maximum absolute atomic E-state index is 12.7. The molecular formula is C17H24N2O2. The molecule has 0 radical (unpaired) electrons. The molecule has 4 heteroatoms. The topological polar surface area (TPSA) is 49.4 Å². The van der Waals surface area contributed by atoms with Gasteiger partial charge in [0.15, 0.2) is 0 Å². The molecule has 1 fully saturated rings. The van der Waals surface area contributed by atoms with E-state index in [4.69, 9.17) is 0 Å². The lowest BCUT2D eigenvalue weighted by atomic mass is 10.00. The van der Waals surface area contributed by atoms with E-state index in [-0.39, 0.29) is 23.8 Å². The van der Waals surface area contributed by atoms with Gasteiger partial charge in [-0.1, -0.05) is 25.1 Å². The minimum absolute atomic E-state index is 0.123. The molecule has 1 aliphatic rings. The van der Waals surface area contributed by atoms with Crippen LogP contribution in [0.1, 0.15) is 44.7 Å². The van der Waals surface area contributed by atoms with Crippen LogP contribution in [0, 0.1) is 13.8 Å². The van der Waals surface area contributed by atoms with Crippen LogP contribution in [0.4, 0.5) is 5.69 Å². The summed E-state index contributed by atoms with van der Waals surface area (Å²) in [5, 5.41) is 3.31. The van der Waals surface area contributed by atoms with Gasteiger partial charge in [-0.05, 0) is 45.2 Å². The van der Waals surface area contributed by atoms with E-state index in [1.165, 1.54) is 4.90 Å². The summed E-state index contributed by atoms with van der Waals surface area (Å²) < 4.78 is 0. The van der Waals surface area contributed by atoms with Crippen molar-refractivity contribution in [3.05, 3.63) is 29.3 Å². The summed E-state index contributed by atoms with van der Waals surface area (Å²) in [7, 11) is 0. The molecule has 0 bridgehead atoms. The molecule has 1 atom stereocenters. The van der Waals surface area contributed by atoms with Crippen LogP contribution in [0.25, 0.3) is 0 Å². The number of aryl methyl sites for hydroxylation is 2. The highest BCUT2D eigenvalue weighted by molar-refractivity contribution is 6.23. The first-order valence-corrected chi connectivity index (χ1v) is 7.47. The van der Waals surface area contributed by atoms with Crippen molar-refractivity contribution in [1.29, 1.82) is 0 Å². The lowest BCUT2D eigenvalue weighted by molar-refractivity contribution is -0.121. The Hall–Kier alpha value is -1.68. The summed E-state index contributed by atoms with van der Waals surface area (Å²) >= 11 is 0. The molecule has 2 rings (SSSR count). The van der Waals surface area contributed by atoms with Crippen LogP contribution < -0.4 is 10.2 Å². The molecule has 1 aromatic carbocycles. The van der Waals surface area contributed by atoms with Crippen LogP contribution in [0.3, 0.4) is 0 Å². The Labute approximate surface area is 126 Å². The fourth-order valence-electron chi connectivity index (χ4n) is 2.71. The third-order valence-corrected chi connectivity index (χ3v) is 4.26. The second kappa shape index (κ2) is 5.60. The highest BCUT2D eigenvalue weighted by atomic mass is 16.2. The van der Waals surface area contributed by atoms with Crippen LogP contribution in [-0.2, 0) is 9.59 Å².